The Morgan fingerprint density at radius 1 is 1.04 bits per heavy atom. The van der Waals surface area contributed by atoms with Crippen LogP contribution in [-0.2, 0) is 0 Å². The Morgan fingerprint density at radius 3 is 2.67 bits per heavy atom. The quantitative estimate of drug-likeness (QED) is 0.511. The van der Waals surface area contributed by atoms with Crippen LogP contribution in [0.3, 0.4) is 0 Å². The van der Waals surface area contributed by atoms with Crippen molar-refractivity contribution in [2.75, 3.05) is 5.32 Å². The van der Waals surface area contributed by atoms with Crippen LogP contribution in [0.2, 0.25) is 0 Å². The molecule has 0 unspecified atom stereocenters. The summed E-state index contributed by atoms with van der Waals surface area (Å²) in [5.74, 6) is 1.03. The Morgan fingerprint density at radius 2 is 1.88 bits per heavy atom. The van der Waals surface area contributed by atoms with Crippen molar-refractivity contribution < 1.29 is 5.11 Å². The largest absolute Gasteiger partial charge is 0.508 e. The number of phenolic OH excluding ortho intramolecular Hbond substituents is 1. The van der Waals surface area contributed by atoms with Gasteiger partial charge in [-0.25, -0.2) is 9.97 Å². The second-order valence-electron chi connectivity index (χ2n) is 5.54. The molecule has 2 heterocycles. The van der Waals surface area contributed by atoms with Crippen molar-refractivity contribution in [2.45, 2.75) is 6.92 Å². The van der Waals surface area contributed by atoms with Crippen molar-refractivity contribution >= 4 is 33.1 Å². The van der Waals surface area contributed by atoms with E-state index in [4.69, 9.17) is 0 Å². The maximum atomic E-state index is 9.58. The molecule has 2 N–H and O–H groups in total. The van der Waals surface area contributed by atoms with Crippen molar-refractivity contribution in [1.29, 1.82) is 0 Å². The van der Waals surface area contributed by atoms with Crippen LogP contribution in [0.1, 0.15) is 5.56 Å². The number of benzene rings is 2. The highest BCUT2D eigenvalue weighted by Gasteiger charge is 2.13. The maximum Gasteiger partial charge on any atom is 0.143 e. The van der Waals surface area contributed by atoms with E-state index >= 15 is 0 Å². The Bertz CT molecular complexity index is 1010. The molecule has 0 aliphatic carbocycles. The average molecular weight is 333 g/mol. The van der Waals surface area contributed by atoms with Gasteiger partial charge >= 0.3 is 0 Å². The summed E-state index contributed by atoms with van der Waals surface area (Å²) in [7, 11) is 0. The number of anilines is 2. The molecule has 2 aromatic carbocycles. The van der Waals surface area contributed by atoms with Gasteiger partial charge in [-0.15, -0.1) is 11.3 Å². The molecule has 118 valence electrons. The molecule has 0 fully saturated rings. The first-order valence-electron chi connectivity index (χ1n) is 7.56. The highest BCUT2D eigenvalue weighted by Crippen LogP contribution is 2.37. The summed E-state index contributed by atoms with van der Waals surface area (Å²) >= 11 is 1.61. The highest BCUT2D eigenvalue weighted by atomic mass is 32.1. The van der Waals surface area contributed by atoms with Crippen molar-refractivity contribution in [3.8, 4) is 16.9 Å². The van der Waals surface area contributed by atoms with E-state index in [9.17, 15) is 5.11 Å². The molecule has 4 rings (SSSR count). The lowest BCUT2D eigenvalue weighted by atomic mass is 10.1. The fourth-order valence-corrected chi connectivity index (χ4v) is 3.63. The number of hydrogen-bond donors (Lipinski definition) is 2. The Balaban J connectivity index is 1.85. The number of nitrogens with one attached hydrogen (secondary N) is 1. The van der Waals surface area contributed by atoms with E-state index in [1.807, 2.05) is 31.2 Å². The van der Waals surface area contributed by atoms with Gasteiger partial charge in [0.25, 0.3) is 0 Å². The topological polar surface area (TPSA) is 58.0 Å². The number of hydrogen-bond acceptors (Lipinski definition) is 5. The molecule has 0 atom stereocenters. The first-order valence-corrected chi connectivity index (χ1v) is 8.44. The number of fused-ring (bicyclic) bond motifs is 1. The smallest absolute Gasteiger partial charge is 0.143 e. The van der Waals surface area contributed by atoms with Crippen molar-refractivity contribution in [2.24, 2.45) is 0 Å². The normalized spacial score (nSPS) is 10.9. The minimum atomic E-state index is 0.256. The summed E-state index contributed by atoms with van der Waals surface area (Å²) in [4.78, 5) is 9.79. The molecule has 0 bridgehead atoms. The minimum absolute atomic E-state index is 0.256. The van der Waals surface area contributed by atoms with Crippen molar-refractivity contribution in [3.63, 3.8) is 0 Å². The standard InChI is InChI=1S/C19H15N3OS/c1-12-9-14(23)7-8-16(12)22-18-17-15(13-5-3-2-4-6-13)10-24-19(17)21-11-20-18/h2-11,23H,1H3,(H,20,21,22). The molecule has 0 amide bonds. The first kappa shape index (κ1) is 14.7. The van der Waals surface area contributed by atoms with E-state index in [-0.39, 0.29) is 5.75 Å². The van der Waals surface area contributed by atoms with Crippen LogP contribution < -0.4 is 5.32 Å². The van der Waals surface area contributed by atoms with Crippen LogP contribution >= 0.6 is 11.3 Å². The number of aromatic nitrogens is 2. The fourth-order valence-electron chi connectivity index (χ4n) is 2.72. The van der Waals surface area contributed by atoms with Gasteiger partial charge in [-0.2, -0.15) is 0 Å². The summed E-state index contributed by atoms with van der Waals surface area (Å²) in [5.41, 5.74) is 4.13. The van der Waals surface area contributed by atoms with Crippen molar-refractivity contribution in [1.82, 2.24) is 9.97 Å². The van der Waals surface area contributed by atoms with E-state index < -0.39 is 0 Å². The lowest BCUT2D eigenvalue weighted by Crippen LogP contribution is -1.97. The lowest BCUT2D eigenvalue weighted by molar-refractivity contribution is 0.475. The predicted molar refractivity (Wildman–Crippen MR) is 99.0 cm³/mol. The molecule has 0 saturated heterocycles. The second kappa shape index (κ2) is 5.94. The number of aromatic hydroxyl groups is 1. The lowest BCUT2D eigenvalue weighted by Gasteiger charge is -2.11. The van der Waals surface area contributed by atoms with Gasteiger partial charge in [0.2, 0.25) is 0 Å². The third kappa shape index (κ3) is 2.59. The molecule has 5 heteroatoms. The summed E-state index contributed by atoms with van der Waals surface area (Å²) in [6.07, 6.45) is 1.58. The number of aryl methyl sites for hydroxylation is 1. The number of phenols is 1. The molecule has 0 saturated carbocycles. The number of thiophene rings is 1. The molecule has 4 nitrogen and oxygen atoms in total. The molecule has 0 aliphatic rings. The fraction of sp³-hybridized carbons (Fsp3) is 0.0526. The molecular formula is C19H15N3OS. The summed E-state index contributed by atoms with van der Waals surface area (Å²) < 4.78 is 0. The first-order chi connectivity index (χ1) is 11.7. The van der Waals surface area contributed by atoms with Gasteiger partial charge in [-0.3, -0.25) is 0 Å². The molecule has 0 spiro atoms. The molecule has 0 aliphatic heterocycles. The van der Waals surface area contributed by atoms with Crippen molar-refractivity contribution in [3.05, 3.63) is 65.8 Å². The average Bonchev–Trinajstić information content (AvgIpc) is 3.03. The van der Waals surface area contributed by atoms with Gasteiger partial charge in [-0.05, 0) is 36.2 Å². The third-order valence-electron chi connectivity index (χ3n) is 3.92. The molecule has 4 aromatic rings. The monoisotopic (exact) mass is 333 g/mol. The minimum Gasteiger partial charge on any atom is -0.508 e. The second-order valence-corrected chi connectivity index (χ2v) is 6.40. The van der Waals surface area contributed by atoms with Gasteiger partial charge in [0.15, 0.2) is 0 Å². The zero-order chi connectivity index (χ0) is 16.5. The van der Waals surface area contributed by atoms with E-state index in [2.05, 4.69) is 32.8 Å². The predicted octanol–water partition coefficient (Wildman–Crippen LogP) is 5.12. The Kier molecular flexibility index (Phi) is 3.63. The maximum absolute atomic E-state index is 9.58. The van der Waals surface area contributed by atoms with Gasteiger partial charge in [0.1, 0.15) is 22.7 Å². The summed E-state index contributed by atoms with van der Waals surface area (Å²) in [6, 6.07) is 15.5. The van der Waals surface area contributed by atoms with E-state index in [0.29, 0.717) is 0 Å². The van der Waals surface area contributed by atoms with Crippen LogP contribution in [0.5, 0.6) is 5.75 Å². The van der Waals surface area contributed by atoms with Gasteiger partial charge < -0.3 is 10.4 Å². The zero-order valence-corrected chi connectivity index (χ0v) is 13.8. The molecular weight excluding hydrogens is 318 g/mol. The molecule has 2 aromatic heterocycles. The zero-order valence-electron chi connectivity index (χ0n) is 13.0. The van der Waals surface area contributed by atoms with Gasteiger partial charge in [-0.1, -0.05) is 30.3 Å². The van der Waals surface area contributed by atoms with Gasteiger partial charge in [0.05, 0.1) is 5.39 Å². The van der Waals surface area contributed by atoms with E-state index in [1.165, 1.54) is 0 Å². The highest BCUT2D eigenvalue weighted by molar-refractivity contribution is 7.17. The van der Waals surface area contributed by atoms with Crippen LogP contribution in [0.15, 0.2) is 60.2 Å². The van der Waals surface area contributed by atoms with Crippen LogP contribution in [0.25, 0.3) is 21.3 Å². The van der Waals surface area contributed by atoms with E-state index in [1.54, 1.807) is 29.8 Å². The van der Waals surface area contributed by atoms with Crippen LogP contribution in [-0.4, -0.2) is 15.1 Å². The summed E-state index contributed by atoms with van der Waals surface area (Å²) in [6.45, 7) is 1.95. The van der Waals surface area contributed by atoms with Crippen LogP contribution in [0.4, 0.5) is 11.5 Å². The van der Waals surface area contributed by atoms with Crippen LogP contribution in [0, 0.1) is 6.92 Å². The Hall–Kier alpha value is -2.92. The SMILES string of the molecule is Cc1cc(O)ccc1Nc1ncnc2scc(-c3ccccc3)c12. The number of rotatable bonds is 3. The Labute approximate surface area is 143 Å². The third-order valence-corrected chi connectivity index (χ3v) is 4.80. The summed E-state index contributed by atoms with van der Waals surface area (Å²) in [5, 5.41) is 16.1. The number of nitrogens with zero attached hydrogens (tertiary/aromatic N) is 2. The van der Waals surface area contributed by atoms with Gasteiger partial charge in [0, 0.05) is 16.6 Å². The molecule has 24 heavy (non-hydrogen) atoms. The van der Waals surface area contributed by atoms with E-state index in [0.717, 1.165) is 38.4 Å². The molecule has 0 radical (unpaired) electrons.